The lowest BCUT2D eigenvalue weighted by atomic mass is 10.1. The molecule has 0 aliphatic carbocycles. The molecule has 1 aliphatic rings. The third-order valence-electron chi connectivity index (χ3n) is 5.80. The van der Waals surface area contributed by atoms with Gasteiger partial charge in [-0.2, -0.15) is 0 Å². The Kier molecular flexibility index (Phi) is 8.73. The first kappa shape index (κ1) is 25.9. The van der Waals surface area contributed by atoms with Gasteiger partial charge < -0.3 is 10.1 Å². The van der Waals surface area contributed by atoms with Crippen molar-refractivity contribution in [3.05, 3.63) is 93.9 Å². The van der Waals surface area contributed by atoms with Gasteiger partial charge in [-0.15, -0.1) is 0 Å². The lowest BCUT2D eigenvalue weighted by molar-refractivity contribution is -0.122. The number of ether oxygens (including phenoxy) is 1. The first-order chi connectivity index (χ1) is 17.4. The largest absolute Gasteiger partial charge is 0.494 e. The van der Waals surface area contributed by atoms with Gasteiger partial charge in [-0.1, -0.05) is 73.1 Å². The summed E-state index contributed by atoms with van der Waals surface area (Å²) >= 11 is 7.52. The molecule has 1 atom stereocenters. The fraction of sp³-hybridized carbons (Fsp3) is 0.241. The van der Waals surface area contributed by atoms with Crippen molar-refractivity contribution in [2.75, 3.05) is 18.1 Å². The third kappa shape index (κ3) is 6.50. The fourth-order valence-electron chi connectivity index (χ4n) is 3.87. The maximum Gasteiger partial charge on any atom is 0.265 e. The lowest BCUT2D eigenvalue weighted by Crippen LogP contribution is -2.43. The number of carbonyl (C=O) groups is 2. The predicted molar refractivity (Wildman–Crippen MR) is 147 cm³/mol. The SMILES string of the molecule is CCCCOc1ccc([C@H](C)NC(=O)CN2C(=O)/C(=C/c3cccc(Cl)c3)Sc3ccccc32)cc1. The van der Waals surface area contributed by atoms with Gasteiger partial charge in [-0.05, 0) is 66.9 Å². The Labute approximate surface area is 221 Å². The second kappa shape index (κ2) is 12.2. The van der Waals surface area contributed by atoms with Gasteiger partial charge in [-0.3, -0.25) is 14.5 Å². The summed E-state index contributed by atoms with van der Waals surface area (Å²) in [7, 11) is 0. The Balaban J connectivity index is 1.47. The monoisotopic (exact) mass is 520 g/mol. The molecule has 4 rings (SSSR count). The Hall–Kier alpha value is -3.22. The van der Waals surface area contributed by atoms with E-state index in [9.17, 15) is 9.59 Å². The molecule has 0 saturated heterocycles. The highest BCUT2D eigenvalue weighted by Crippen LogP contribution is 2.42. The molecule has 3 aromatic rings. The molecule has 0 bridgehead atoms. The number of nitrogens with one attached hydrogen (secondary N) is 1. The third-order valence-corrected chi connectivity index (χ3v) is 7.12. The van der Waals surface area contributed by atoms with Crippen molar-refractivity contribution < 1.29 is 14.3 Å². The lowest BCUT2D eigenvalue weighted by Gasteiger charge is -2.30. The first-order valence-corrected chi connectivity index (χ1v) is 13.2. The minimum atomic E-state index is -0.233. The minimum Gasteiger partial charge on any atom is -0.494 e. The molecule has 2 amide bonds. The zero-order chi connectivity index (χ0) is 25.5. The number of thioether (sulfide) groups is 1. The van der Waals surface area contributed by atoms with Crippen LogP contribution >= 0.6 is 23.4 Å². The van der Waals surface area contributed by atoms with Gasteiger partial charge in [0.05, 0.1) is 23.2 Å². The number of hydrogen-bond acceptors (Lipinski definition) is 4. The number of benzene rings is 3. The maximum atomic E-state index is 13.4. The number of fused-ring (bicyclic) bond motifs is 1. The highest BCUT2D eigenvalue weighted by molar-refractivity contribution is 8.04. The number of para-hydroxylation sites is 1. The molecule has 36 heavy (non-hydrogen) atoms. The second-order valence-electron chi connectivity index (χ2n) is 8.58. The normalized spacial score (nSPS) is 14.9. The Morgan fingerprint density at radius 2 is 1.89 bits per heavy atom. The summed E-state index contributed by atoms with van der Waals surface area (Å²) in [5.41, 5.74) is 2.53. The van der Waals surface area contributed by atoms with Crippen molar-refractivity contribution in [2.24, 2.45) is 0 Å². The Bertz CT molecular complexity index is 1260. The minimum absolute atomic E-state index is 0.0775. The van der Waals surface area contributed by atoms with Crippen LogP contribution in [0.25, 0.3) is 6.08 Å². The quantitative estimate of drug-likeness (QED) is 0.247. The molecule has 3 aromatic carbocycles. The highest BCUT2D eigenvalue weighted by atomic mass is 35.5. The highest BCUT2D eigenvalue weighted by Gasteiger charge is 2.30. The topological polar surface area (TPSA) is 58.6 Å². The van der Waals surface area contributed by atoms with E-state index in [0.717, 1.165) is 40.3 Å². The van der Waals surface area contributed by atoms with E-state index in [0.29, 0.717) is 16.5 Å². The molecule has 0 unspecified atom stereocenters. The van der Waals surface area contributed by atoms with Crippen LogP contribution < -0.4 is 15.0 Å². The van der Waals surface area contributed by atoms with Crippen LogP contribution in [0.2, 0.25) is 5.02 Å². The summed E-state index contributed by atoms with van der Waals surface area (Å²) in [6.07, 6.45) is 3.91. The molecule has 186 valence electrons. The molecule has 7 heteroatoms. The second-order valence-corrected chi connectivity index (χ2v) is 10.1. The summed E-state index contributed by atoms with van der Waals surface area (Å²) < 4.78 is 5.72. The average molecular weight is 521 g/mol. The summed E-state index contributed by atoms with van der Waals surface area (Å²) in [5.74, 6) is 0.371. The van der Waals surface area contributed by atoms with Crippen molar-refractivity contribution in [2.45, 2.75) is 37.6 Å². The molecular formula is C29H29ClN2O3S. The molecule has 0 saturated carbocycles. The van der Waals surface area contributed by atoms with E-state index in [-0.39, 0.29) is 24.4 Å². The molecule has 1 aliphatic heterocycles. The molecule has 0 spiro atoms. The van der Waals surface area contributed by atoms with E-state index >= 15 is 0 Å². The van der Waals surface area contributed by atoms with Gasteiger partial charge in [0.2, 0.25) is 5.91 Å². The van der Waals surface area contributed by atoms with Crippen LogP contribution in [-0.4, -0.2) is 25.0 Å². The number of halogens is 1. The van der Waals surface area contributed by atoms with Gasteiger partial charge >= 0.3 is 0 Å². The van der Waals surface area contributed by atoms with E-state index in [1.807, 2.05) is 79.7 Å². The Morgan fingerprint density at radius 1 is 1.11 bits per heavy atom. The van der Waals surface area contributed by atoms with Gasteiger partial charge in [-0.25, -0.2) is 0 Å². The van der Waals surface area contributed by atoms with Crippen LogP contribution in [0.1, 0.15) is 43.9 Å². The van der Waals surface area contributed by atoms with Crippen molar-refractivity contribution in [1.29, 1.82) is 0 Å². The predicted octanol–water partition coefficient (Wildman–Crippen LogP) is 6.88. The number of hydrogen-bond donors (Lipinski definition) is 1. The average Bonchev–Trinajstić information content (AvgIpc) is 2.87. The number of unbranched alkanes of at least 4 members (excludes halogenated alkanes) is 1. The number of anilines is 1. The first-order valence-electron chi connectivity index (χ1n) is 12.0. The molecule has 1 N–H and O–H groups in total. The fourth-order valence-corrected chi connectivity index (χ4v) is 5.13. The van der Waals surface area contributed by atoms with Crippen molar-refractivity contribution in [3.8, 4) is 5.75 Å². The van der Waals surface area contributed by atoms with Crippen LogP contribution in [-0.2, 0) is 9.59 Å². The van der Waals surface area contributed by atoms with E-state index in [4.69, 9.17) is 16.3 Å². The van der Waals surface area contributed by atoms with E-state index in [1.165, 1.54) is 16.7 Å². The molecule has 1 heterocycles. The zero-order valence-corrected chi connectivity index (χ0v) is 21.9. The summed E-state index contributed by atoms with van der Waals surface area (Å²) in [5, 5.41) is 3.62. The molecule has 5 nitrogen and oxygen atoms in total. The van der Waals surface area contributed by atoms with Gasteiger partial charge in [0.1, 0.15) is 12.3 Å². The molecule has 0 fully saturated rings. The van der Waals surface area contributed by atoms with Gasteiger partial charge in [0.25, 0.3) is 5.91 Å². The van der Waals surface area contributed by atoms with Gasteiger partial charge in [0, 0.05) is 9.92 Å². The molecule has 0 radical (unpaired) electrons. The van der Waals surface area contributed by atoms with E-state index in [2.05, 4.69) is 12.2 Å². The van der Waals surface area contributed by atoms with E-state index < -0.39 is 0 Å². The van der Waals surface area contributed by atoms with Gasteiger partial charge in [0.15, 0.2) is 0 Å². The maximum absolute atomic E-state index is 13.4. The van der Waals surface area contributed by atoms with Crippen LogP contribution in [0.15, 0.2) is 82.6 Å². The zero-order valence-electron chi connectivity index (χ0n) is 20.4. The number of nitrogens with zero attached hydrogens (tertiary/aromatic N) is 1. The van der Waals surface area contributed by atoms with Crippen molar-refractivity contribution in [3.63, 3.8) is 0 Å². The Morgan fingerprint density at radius 3 is 2.64 bits per heavy atom. The van der Waals surface area contributed by atoms with Crippen molar-refractivity contribution >= 4 is 46.9 Å². The van der Waals surface area contributed by atoms with Crippen LogP contribution in [0.5, 0.6) is 5.75 Å². The molecular weight excluding hydrogens is 492 g/mol. The summed E-state index contributed by atoms with van der Waals surface area (Å²) in [6, 6.07) is 22.5. The summed E-state index contributed by atoms with van der Waals surface area (Å²) in [6.45, 7) is 4.67. The smallest absolute Gasteiger partial charge is 0.265 e. The standard InChI is InChI=1S/C29H29ClN2O3S/c1-3-4-16-35-24-14-12-22(13-15-24)20(2)31-28(33)19-32-25-10-5-6-11-26(25)36-27(29(32)34)18-21-8-7-9-23(30)17-21/h5-15,17-18,20H,3-4,16,19H2,1-2H3,(H,31,33)/b27-18-/t20-/m0/s1. The van der Waals surface area contributed by atoms with Crippen LogP contribution in [0.4, 0.5) is 5.69 Å². The number of amides is 2. The summed E-state index contributed by atoms with van der Waals surface area (Å²) in [4.78, 5) is 29.4. The van der Waals surface area contributed by atoms with Crippen LogP contribution in [0.3, 0.4) is 0 Å². The van der Waals surface area contributed by atoms with E-state index in [1.54, 1.807) is 6.07 Å². The number of carbonyl (C=O) groups excluding carboxylic acids is 2. The van der Waals surface area contributed by atoms with Crippen LogP contribution in [0, 0.1) is 0 Å². The van der Waals surface area contributed by atoms with Crippen molar-refractivity contribution in [1.82, 2.24) is 5.32 Å². The number of rotatable bonds is 9. The molecule has 0 aromatic heterocycles.